The molecule has 6 nitrogen and oxygen atoms in total. The second-order valence-electron chi connectivity index (χ2n) is 5.96. The van der Waals surface area contributed by atoms with Crippen molar-refractivity contribution in [3.63, 3.8) is 0 Å². The van der Waals surface area contributed by atoms with Gasteiger partial charge in [0.25, 0.3) is 5.91 Å². The molecule has 0 saturated carbocycles. The molecule has 2 N–H and O–H groups in total. The normalized spacial score (nSPS) is 13.7. The number of carbonyl (C=O) groups excluding carboxylic acids is 1. The van der Waals surface area contributed by atoms with Gasteiger partial charge < -0.3 is 9.64 Å². The van der Waals surface area contributed by atoms with Crippen LogP contribution in [0.4, 0.5) is 0 Å². The number of sulfonamides is 1. The Morgan fingerprint density at radius 1 is 1.15 bits per heavy atom. The third-order valence-corrected chi connectivity index (χ3v) is 5.51. The highest BCUT2D eigenvalue weighted by atomic mass is 79.9. The summed E-state index contributed by atoms with van der Waals surface area (Å²) in [4.78, 5) is 14.2. The van der Waals surface area contributed by atoms with Gasteiger partial charge in [-0.1, -0.05) is 28.1 Å². The summed E-state index contributed by atoms with van der Waals surface area (Å²) in [5.41, 5.74) is 0.670. The van der Waals surface area contributed by atoms with Gasteiger partial charge in [-0.15, -0.1) is 0 Å². The second kappa shape index (κ2) is 8.20. The van der Waals surface area contributed by atoms with Crippen molar-refractivity contribution < 1.29 is 17.9 Å². The van der Waals surface area contributed by atoms with E-state index in [4.69, 9.17) is 9.88 Å². The van der Waals surface area contributed by atoms with Crippen molar-refractivity contribution in [3.05, 3.63) is 58.6 Å². The van der Waals surface area contributed by atoms with Gasteiger partial charge in [-0.05, 0) is 55.8 Å². The van der Waals surface area contributed by atoms with Crippen molar-refractivity contribution in [1.82, 2.24) is 4.90 Å². The molecule has 0 bridgehead atoms. The van der Waals surface area contributed by atoms with Crippen LogP contribution in [0.1, 0.15) is 25.5 Å². The first-order valence-electron chi connectivity index (χ1n) is 7.91. The zero-order valence-electron chi connectivity index (χ0n) is 14.7. The van der Waals surface area contributed by atoms with Gasteiger partial charge in [-0.25, -0.2) is 13.6 Å². The fourth-order valence-corrected chi connectivity index (χ4v) is 3.25. The number of halogens is 1. The monoisotopic (exact) mass is 440 g/mol. The van der Waals surface area contributed by atoms with Crippen LogP contribution in [0.15, 0.2) is 57.9 Å². The van der Waals surface area contributed by atoms with Gasteiger partial charge in [0, 0.05) is 11.5 Å². The Balaban J connectivity index is 2.12. The minimum atomic E-state index is -3.80. The number of nitrogens with two attached hydrogens (primary N) is 1. The summed E-state index contributed by atoms with van der Waals surface area (Å²) in [6.07, 6.45) is -0.690. The van der Waals surface area contributed by atoms with E-state index < -0.39 is 16.1 Å². The number of ether oxygens (including phenoxy) is 1. The molecule has 0 saturated heterocycles. The van der Waals surface area contributed by atoms with Crippen LogP contribution in [0, 0.1) is 0 Å². The highest BCUT2D eigenvalue weighted by Gasteiger charge is 2.24. The average molecular weight is 441 g/mol. The van der Waals surface area contributed by atoms with Gasteiger partial charge in [0.15, 0.2) is 6.10 Å². The zero-order chi connectivity index (χ0) is 19.5. The van der Waals surface area contributed by atoms with Gasteiger partial charge in [0.1, 0.15) is 5.75 Å². The van der Waals surface area contributed by atoms with Crippen molar-refractivity contribution in [2.75, 3.05) is 7.05 Å². The van der Waals surface area contributed by atoms with Crippen LogP contribution in [0.25, 0.3) is 0 Å². The summed E-state index contributed by atoms with van der Waals surface area (Å²) in [5, 5.41) is 5.17. The van der Waals surface area contributed by atoms with Crippen molar-refractivity contribution in [2.45, 2.75) is 30.9 Å². The van der Waals surface area contributed by atoms with E-state index in [1.165, 1.54) is 17.0 Å². The Bertz CT molecular complexity index is 884. The van der Waals surface area contributed by atoms with E-state index in [0.717, 1.165) is 4.47 Å². The van der Waals surface area contributed by atoms with Crippen molar-refractivity contribution in [2.24, 2.45) is 5.14 Å². The van der Waals surface area contributed by atoms with Crippen LogP contribution >= 0.6 is 15.9 Å². The highest BCUT2D eigenvalue weighted by Crippen LogP contribution is 2.23. The number of likely N-dealkylation sites (N-methyl/N-ethyl adjacent to an activating group) is 1. The molecule has 1 amide bonds. The number of primary sulfonamides is 1. The number of carbonyl (C=O) groups is 1. The minimum absolute atomic E-state index is 0.0156. The van der Waals surface area contributed by atoms with Gasteiger partial charge in [-0.2, -0.15) is 0 Å². The number of rotatable bonds is 6. The molecule has 8 heteroatoms. The van der Waals surface area contributed by atoms with E-state index in [-0.39, 0.29) is 16.8 Å². The number of hydrogen-bond acceptors (Lipinski definition) is 4. The van der Waals surface area contributed by atoms with Crippen LogP contribution in [0.2, 0.25) is 0 Å². The molecular formula is C18H21BrN2O4S. The summed E-state index contributed by atoms with van der Waals surface area (Å²) in [5.74, 6) is 0.368. The summed E-state index contributed by atoms with van der Waals surface area (Å²) in [6.45, 7) is 3.49. The molecule has 2 unspecified atom stereocenters. The lowest BCUT2D eigenvalue weighted by atomic mass is 10.1. The van der Waals surface area contributed by atoms with E-state index in [9.17, 15) is 13.2 Å². The molecule has 0 aliphatic rings. The minimum Gasteiger partial charge on any atom is -0.481 e. The van der Waals surface area contributed by atoms with E-state index >= 15 is 0 Å². The summed E-state index contributed by atoms with van der Waals surface area (Å²) in [7, 11) is -2.15. The largest absolute Gasteiger partial charge is 0.481 e. The zero-order valence-corrected chi connectivity index (χ0v) is 17.1. The molecule has 0 radical (unpaired) electrons. The summed E-state index contributed by atoms with van der Waals surface area (Å²) in [6, 6.07) is 13.1. The van der Waals surface area contributed by atoms with Crippen molar-refractivity contribution in [3.8, 4) is 5.75 Å². The average Bonchev–Trinajstić information content (AvgIpc) is 2.61. The number of benzene rings is 2. The summed E-state index contributed by atoms with van der Waals surface area (Å²) < 4.78 is 29.7. The molecule has 0 aliphatic heterocycles. The highest BCUT2D eigenvalue weighted by molar-refractivity contribution is 9.10. The Hall–Kier alpha value is -1.90. The first-order chi connectivity index (χ1) is 12.1. The van der Waals surface area contributed by atoms with Crippen LogP contribution in [0.5, 0.6) is 5.75 Å². The maximum atomic E-state index is 12.7. The lowest BCUT2D eigenvalue weighted by Gasteiger charge is -2.28. The fraction of sp³-hybridized carbons (Fsp3) is 0.278. The topological polar surface area (TPSA) is 89.7 Å². The Labute approximate surface area is 162 Å². The SMILES string of the molecule is CC(Oc1ccc(Br)cc1)C(=O)N(C)C(C)c1cccc(S(N)(=O)=O)c1. The molecule has 26 heavy (non-hydrogen) atoms. The van der Waals surface area contributed by atoms with Gasteiger partial charge in [0.05, 0.1) is 10.9 Å². The van der Waals surface area contributed by atoms with Crippen LogP contribution < -0.4 is 9.88 Å². The fourth-order valence-electron chi connectivity index (χ4n) is 2.42. The molecular weight excluding hydrogens is 420 g/mol. The third-order valence-electron chi connectivity index (χ3n) is 4.07. The van der Waals surface area contributed by atoms with E-state index in [2.05, 4.69) is 15.9 Å². The molecule has 0 fully saturated rings. The molecule has 0 heterocycles. The first kappa shape index (κ1) is 20.4. The Morgan fingerprint density at radius 2 is 1.77 bits per heavy atom. The molecule has 2 aromatic carbocycles. The lowest BCUT2D eigenvalue weighted by molar-refractivity contribution is -0.138. The Morgan fingerprint density at radius 3 is 2.35 bits per heavy atom. The second-order valence-corrected chi connectivity index (χ2v) is 8.43. The number of nitrogens with zero attached hydrogens (tertiary/aromatic N) is 1. The maximum absolute atomic E-state index is 12.7. The predicted molar refractivity (Wildman–Crippen MR) is 103 cm³/mol. The van der Waals surface area contributed by atoms with Crippen LogP contribution in [0.3, 0.4) is 0 Å². The van der Waals surface area contributed by atoms with Gasteiger partial charge in [0.2, 0.25) is 10.0 Å². The van der Waals surface area contributed by atoms with Crippen molar-refractivity contribution >= 4 is 31.9 Å². The smallest absolute Gasteiger partial charge is 0.263 e. The molecule has 0 spiro atoms. The summed E-state index contributed by atoms with van der Waals surface area (Å²) >= 11 is 3.35. The molecule has 2 rings (SSSR count). The predicted octanol–water partition coefficient (Wildman–Crippen LogP) is 3.08. The molecule has 2 aromatic rings. The Kier molecular flexibility index (Phi) is 6.44. The third kappa shape index (κ3) is 5.06. The van der Waals surface area contributed by atoms with E-state index in [1.54, 1.807) is 38.2 Å². The number of hydrogen-bond donors (Lipinski definition) is 1. The van der Waals surface area contributed by atoms with Gasteiger partial charge in [-0.3, -0.25) is 4.79 Å². The quantitative estimate of drug-likeness (QED) is 0.746. The van der Waals surface area contributed by atoms with Crippen LogP contribution in [-0.2, 0) is 14.8 Å². The maximum Gasteiger partial charge on any atom is 0.263 e. The lowest BCUT2D eigenvalue weighted by Crippen LogP contribution is -2.39. The van der Waals surface area contributed by atoms with Crippen molar-refractivity contribution in [1.29, 1.82) is 0 Å². The van der Waals surface area contributed by atoms with Crippen LogP contribution in [-0.4, -0.2) is 32.4 Å². The van der Waals surface area contributed by atoms with Gasteiger partial charge >= 0.3 is 0 Å². The first-order valence-corrected chi connectivity index (χ1v) is 10.2. The molecule has 2 atom stereocenters. The standard InChI is InChI=1S/C18H21BrN2O4S/c1-12(14-5-4-6-17(11-14)26(20,23)24)21(3)18(22)13(2)25-16-9-7-15(19)8-10-16/h4-13H,1-3H3,(H2,20,23,24). The van der Waals surface area contributed by atoms with E-state index in [1.807, 2.05) is 19.1 Å². The molecule has 0 aliphatic carbocycles. The molecule has 140 valence electrons. The molecule has 0 aromatic heterocycles. The van der Waals surface area contributed by atoms with E-state index in [0.29, 0.717) is 11.3 Å². The number of amides is 1.